The molecule has 3 saturated carbocycles. The molecule has 0 radical (unpaired) electrons. The molecule has 9 heteroatoms. The summed E-state index contributed by atoms with van der Waals surface area (Å²) < 4.78 is 5.22. The number of aliphatic hydroxyl groups excluding tert-OH is 4. The molecule has 0 amide bonds. The van der Waals surface area contributed by atoms with Gasteiger partial charge in [0.2, 0.25) is 0 Å². The summed E-state index contributed by atoms with van der Waals surface area (Å²) in [4.78, 5) is 39.3. The molecule has 0 saturated heterocycles. The lowest BCUT2D eigenvalue weighted by Crippen LogP contribution is -2.68. The molecule has 0 aromatic heterocycles. The lowest BCUT2D eigenvalue weighted by molar-refractivity contribution is -0.199. The van der Waals surface area contributed by atoms with E-state index in [1.807, 2.05) is 34.6 Å². The Bertz CT molecular complexity index is 1200. The number of carbonyl (C=O) groups excluding carboxylic acids is 3. The molecule has 9 nitrogen and oxygen atoms in total. The Morgan fingerprint density at radius 2 is 1.59 bits per heavy atom. The van der Waals surface area contributed by atoms with Crippen molar-refractivity contribution in [2.45, 2.75) is 117 Å². The first-order valence-electron chi connectivity index (χ1n) is 14.6. The highest BCUT2D eigenvalue weighted by Gasteiger charge is 2.76. The summed E-state index contributed by atoms with van der Waals surface area (Å²) in [6.45, 7) is 15.0. The van der Waals surface area contributed by atoms with E-state index in [1.54, 1.807) is 19.9 Å². The van der Waals surface area contributed by atoms with Gasteiger partial charge in [-0.2, -0.15) is 0 Å². The third-order valence-corrected chi connectivity index (χ3v) is 11.7. The minimum Gasteiger partial charge on any atom is -0.456 e. The van der Waals surface area contributed by atoms with Crippen LogP contribution in [0.2, 0.25) is 0 Å². The lowest BCUT2D eigenvalue weighted by atomic mass is 9.38. The monoisotopic (exact) mass is 576 g/mol. The van der Waals surface area contributed by atoms with Crippen molar-refractivity contribution < 1.29 is 44.7 Å². The van der Waals surface area contributed by atoms with E-state index in [-0.39, 0.29) is 25.0 Å². The van der Waals surface area contributed by atoms with Gasteiger partial charge in [-0.05, 0) is 62.5 Å². The fourth-order valence-electron chi connectivity index (χ4n) is 9.64. The van der Waals surface area contributed by atoms with Gasteiger partial charge >= 0.3 is 5.97 Å². The highest BCUT2D eigenvalue weighted by molar-refractivity contribution is 5.97. The number of fused-ring (bicyclic) bond motifs is 5. The molecule has 5 N–H and O–H groups in total. The molecule has 230 valence electrons. The zero-order valence-corrected chi connectivity index (χ0v) is 25.8. The number of Topliss-reactive ketones (excluding diaryl/α,β-unsaturated/α-hetero) is 1. The average molecular weight is 577 g/mol. The average Bonchev–Trinajstić information content (AvgIpc) is 3.01. The molecule has 4 aliphatic rings. The number of esters is 1. The van der Waals surface area contributed by atoms with Gasteiger partial charge in [-0.15, -0.1) is 0 Å². The Kier molecular flexibility index (Phi) is 7.45. The number of aliphatic hydroxyl groups is 5. The van der Waals surface area contributed by atoms with Crippen molar-refractivity contribution in [3.05, 3.63) is 23.8 Å². The summed E-state index contributed by atoms with van der Waals surface area (Å²) in [6.07, 6.45) is 0.212. The number of ether oxygens (including phenoxy) is 1. The summed E-state index contributed by atoms with van der Waals surface area (Å²) >= 11 is 0. The van der Waals surface area contributed by atoms with Gasteiger partial charge in [-0.3, -0.25) is 14.4 Å². The van der Waals surface area contributed by atoms with Crippen LogP contribution in [0.4, 0.5) is 0 Å². The van der Waals surface area contributed by atoms with Crippen LogP contribution in [0.5, 0.6) is 0 Å². The largest absolute Gasteiger partial charge is 0.456 e. The molecule has 0 aromatic carbocycles. The lowest BCUT2D eigenvalue weighted by Gasteiger charge is -2.66. The normalized spacial score (nSPS) is 45.3. The Labute approximate surface area is 242 Å². The zero-order chi connectivity index (χ0) is 31.3. The van der Waals surface area contributed by atoms with Crippen LogP contribution in [0.25, 0.3) is 0 Å². The zero-order valence-electron chi connectivity index (χ0n) is 25.8. The van der Waals surface area contributed by atoms with E-state index in [0.717, 1.165) is 11.6 Å². The molecule has 4 aliphatic carbocycles. The molecule has 0 aliphatic heterocycles. The third-order valence-electron chi connectivity index (χ3n) is 11.7. The maximum Gasteiger partial charge on any atom is 0.303 e. The molecule has 0 heterocycles. The molecule has 0 aromatic rings. The molecule has 0 unspecified atom stereocenters. The van der Waals surface area contributed by atoms with E-state index in [4.69, 9.17) is 4.74 Å². The van der Waals surface area contributed by atoms with Crippen LogP contribution in [0.15, 0.2) is 23.8 Å². The molecular weight excluding hydrogens is 528 g/mol. The Balaban J connectivity index is 1.78. The van der Waals surface area contributed by atoms with Gasteiger partial charge in [-0.1, -0.05) is 46.3 Å². The first kappa shape index (κ1) is 32.0. The van der Waals surface area contributed by atoms with Gasteiger partial charge in [0.25, 0.3) is 0 Å². The predicted molar refractivity (Wildman–Crippen MR) is 150 cm³/mol. The molecule has 41 heavy (non-hydrogen) atoms. The highest BCUT2D eigenvalue weighted by atomic mass is 16.6. The van der Waals surface area contributed by atoms with Crippen molar-refractivity contribution in [3.63, 3.8) is 0 Å². The maximum atomic E-state index is 14.4. The van der Waals surface area contributed by atoms with Crippen LogP contribution >= 0.6 is 0 Å². The second kappa shape index (κ2) is 9.55. The van der Waals surface area contributed by atoms with E-state index >= 15 is 0 Å². The minimum atomic E-state index is -2.07. The first-order valence-corrected chi connectivity index (χ1v) is 14.6. The second-order valence-electron chi connectivity index (χ2n) is 15.1. The van der Waals surface area contributed by atoms with Crippen LogP contribution < -0.4 is 0 Å². The Hall–Kier alpha value is -1.91. The van der Waals surface area contributed by atoms with Crippen molar-refractivity contribution in [1.29, 1.82) is 0 Å². The van der Waals surface area contributed by atoms with Gasteiger partial charge in [0.15, 0.2) is 5.78 Å². The fourth-order valence-corrected chi connectivity index (χ4v) is 9.64. The van der Waals surface area contributed by atoms with Crippen LogP contribution in [-0.2, 0) is 19.1 Å². The summed E-state index contributed by atoms with van der Waals surface area (Å²) in [5.41, 5.74) is -6.34. The molecule has 11 atom stereocenters. The molecule has 0 bridgehead atoms. The standard InChI is InChI=1S/C32H48O9/c1-16(33)41-27(2,3)11-10-22(37)32(9,40)25-21(36)14-29(6)24-19(34)12-17-18(13-20(35)26(39)28(17,4)5)31(24,8)23(38)15-30(25,29)7/h10-12,18-21,24-26,34-36,39-40H,13-15H2,1-9H3/t18-,19+,20+,21-,24+,25+,26-,29+,30-,31-,32+/m1/s1. The van der Waals surface area contributed by atoms with Crippen molar-refractivity contribution in [1.82, 2.24) is 0 Å². The summed E-state index contributed by atoms with van der Waals surface area (Å²) in [5, 5.41) is 56.6. The van der Waals surface area contributed by atoms with Gasteiger partial charge < -0.3 is 30.3 Å². The summed E-state index contributed by atoms with van der Waals surface area (Å²) in [6, 6.07) is 0. The number of carbonyl (C=O) groups is 3. The van der Waals surface area contributed by atoms with E-state index in [9.17, 15) is 39.9 Å². The molecule has 3 fully saturated rings. The van der Waals surface area contributed by atoms with Crippen molar-refractivity contribution in [2.24, 2.45) is 39.4 Å². The molecule has 4 rings (SSSR count). The Morgan fingerprint density at radius 3 is 2.15 bits per heavy atom. The van der Waals surface area contributed by atoms with Crippen molar-refractivity contribution in [3.8, 4) is 0 Å². The molecule has 0 spiro atoms. The van der Waals surface area contributed by atoms with Crippen LogP contribution in [0.1, 0.15) is 81.6 Å². The number of hydrogen-bond acceptors (Lipinski definition) is 9. The third kappa shape index (κ3) is 4.41. The number of rotatable bonds is 5. The van der Waals surface area contributed by atoms with Gasteiger partial charge in [0, 0.05) is 36.0 Å². The van der Waals surface area contributed by atoms with E-state index in [1.165, 1.54) is 19.9 Å². The molecular formula is C32H48O9. The van der Waals surface area contributed by atoms with E-state index in [0.29, 0.717) is 0 Å². The summed E-state index contributed by atoms with van der Waals surface area (Å²) in [7, 11) is 0. The quantitative estimate of drug-likeness (QED) is 0.188. The van der Waals surface area contributed by atoms with Crippen molar-refractivity contribution >= 4 is 17.5 Å². The topological polar surface area (TPSA) is 162 Å². The van der Waals surface area contributed by atoms with Gasteiger partial charge in [-0.25, -0.2) is 0 Å². The van der Waals surface area contributed by atoms with Gasteiger partial charge in [0.1, 0.15) is 17.0 Å². The van der Waals surface area contributed by atoms with Crippen LogP contribution in [-0.4, -0.2) is 78.7 Å². The Morgan fingerprint density at radius 1 is 1.00 bits per heavy atom. The summed E-state index contributed by atoms with van der Waals surface area (Å²) in [5.74, 6) is -3.50. The van der Waals surface area contributed by atoms with E-state index in [2.05, 4.69) is 0 Å². The van der Waals surface area contributed by atoms with Gasteiger partial charge in [0.05, 0.1) is 24.4 Å². The van der Waals surface area contributed by atoms with Crippen molar-refractivity contribution in [2.75, 3.05) is 0 Å². The number of hydrogen-bond donors (Lipinski definition) is 5. The van der Waals surface area contributed by atoms with Crippen LogP contribution in [0, 0.1) is 39.4 Å². The fraction of sp³-hybridized carbons (Fsp3) is 0.781. The predicted octanol–water partition coefficient (Wildman–Crippen LogP) is 2.26. The first-order chi connectivity index (χ1) is 18.5. The smallest absolute Gasteiger partial charge is 0.303 e. The van der Waals surface area contributed by atoms with Crippen LogP contribution in [0.3, 0.4) is 0 Å². The second-order valence-corrected chi connectivity index (χ2v) is 15.1. The SMILES string of the molecule is CC(=O)OC(C)(C)C=CC(=O)[C@](C)(O)[C@H]1[C@H](O)C[C@@]2(C)[C@@H]3[C@@H](O)C=C4[C@@H](C[C@H](O)[C@@H](O)C4(C)C)[C@]3(C)C(=O)C[C@]12C. The highest BCUT2D eigenvalue weighted by Crippen LogP contribution is 2.74. The number of ketones is 2. The minimum absolute atomic E-state index is 0.0418. The van der Waals surface area contributed by atoms with E-state index < -0.39 is 86.8 Å². The maximum absolute atomic E-state index is 14.4.